The molecule has 0 aliphatic heterocycles. The molecule has 0 aliphatic rings. The number of nitrogens with one attached hydrogen (secondary N) is 1. The first kappa shape index (κ1) is 15.9. The fourth-order valence-corrected chi connectivity index (χ4v) is 4.15. The molecule has 4 nitrogen and oxygen atoms in total. The van der Waals surface area contributed by atoms with Crippen LogP contribution in [-0.4, -0.2) is 15.5 Å². The minimum atomic E-state index is -0.270. The summed E-state index contributed by atoms with van der Waals surface area (Å²) in [6.45, 7) is 4.37. The Bertz CT molecular complexity index is 1180. The average molecular weight is 368 g/mol. The molecule has 0 saturated carbocycles. The molecule has 4 rings (SSSR count). The van der Waals surface area contributed by atoms with Crippen molar-refractivity contribution in [2.75, 3.05) is 0 Å². The number of rotatable bonds is 3. The Kier molecular flexibility index (Phi) is 4.03. The van der Waals surface area contributed by atoms with E-state index in [4.69, 9.17) is 11.6 Å². The summed E-state index contributed by atoms with van der Waals surface area (Å²) in [4.78, 5) is 20.9. The second kappa shape index (κ2) is 6.35. The highest BCUT2D eigenvalue weighted by atomic mass is 35.5. The van der Waals surface area contributed by atoms with Crippen LogP contribution in [0.3, 0.4) is 0 Å². The van der Waals surface area contributed by atoms with E-state index in [1.165, 1.54) is 11.3 Å². The van der Waals surface area contributed by atoms with Crippen LogP contribution in [-0.2, 0) is 6.54 Å². The van der Waals surface area contributed by atoms with Gasteiger partial charge in [0.05, 0.1) is 15.8 Å². The first-order valence-electron chi connectivity index (χ1n) is 7.72. The largest absolute Gasteiger partial charge is 0.360 e. The van der Waals surface area contributed by atoms with Crippen LogP contribution in [0.15, 0.2) is 66.3 Å². The summed E-state index contributed by atoms with van der Waals surface area (Å²) in [7, 11) is 0. The first-order valence-corrected chi connectivity index (χ1v) is 8.92. The Morgan fingerprint density at radius 1 is 1.32 bits per heavy atom. The van der Waals surface area contributed by atoms with Crippen molar-refractivity contribution in [1.29, 1.82) is 0 Å². The smallest absolute Gasteiger partial charge is 0.281 e. The van der Waals surface area contributed by atoms with Crippen LogP contribution in [0.5, 0.6) is 0 Å². The van der Waals surface area contributed by atoms with Crippen LogP contribution in [0.1, 0.15) is 10.4 Å². The third-order valence-electron chi connectivity index (χ3n) is 3.97. The van der Waals surface area contributed by atoms with Crippen LogP contribution in [0.2, 0.25) is 5.02 Å². The molecule has 2 heterocycles. The molecular formula is C19H14ClN3OS. The summed E-state index contributed by atoms with van der Waals surface area (Å²) in [6.07, 6.45) is 3.49. The molecule has 0 radical (unpaired) electrons. The summed E-state index contributed by atoms with van der Waals surface area (Å²) in [6, 6.07) is 13.3. The lowest BCUT2D eigenvalue weighted by molar-refractivity contribution is 0.0999. The first-order chi connectivity index (χ1) is 12.2. The number of fused-ring (bicyclic) bond motifs is 2. The van der Waals surface area contributed by atoms with Crippen molar-refractivity contribution in [3.8, 4) is 0 Å². The minimum absolute atomic E-state index is 0.270. The van der Waals surface area contributed by atoms with E-state index in [0.717, 1.165) is 21.1 Å². The van der Waals surface area contributed by atoms with Gasteiger partial charge < -0.3 is 9.55 Å². The van der Waals surface area contributed by atoms with Gasteiger partial charge in [-0.1, -0.05) is 47.2 Å². The lowest BCUT2D eigenvalue weighted by atomic mass is 10.2. The molecule has 0 unspecified atom stereocenters. The van der Waals surface area contributed by atoms with E-state index < -0.39 is 0 Å². The number of para-hydroxylation sites is 1. The highest BCUT2D eigenvalue weighted by Crippen LogP contribution is 2.22. The molecule has 0 bridgehead atoms. The summed E-state index contributed by atoms with van der Waals surface area (Å²) in [5.74, 6) is -0.270. The number of carbonyl (C=O) groups excluding carboxylic acids is 1. The Morgan fingerprint density at radius 2 is 2.16 bits per heavy atom. The maximum atomic E-state index is 12.7. The van der Waals surface area contributed by atoms with Gasteiger partial charge in [0.15, 0.2) is 4.80 Å². The van der Waals surface area contributed by atoms with Crippen LogP contribution < -0.4 is 4.80 Å². The average Bonchev–Trinajstić information content (AvgIpc) is 3.17. The monoisotopic (exact) mass is 367 g/mol. The highest BCUT2D eigenvalue weighted by Gasteiger charge is 2.12. The number of aromatic nitrogens is 2. The third-order valence-corrected chi connectivity index (χ3v) is 5.25. The zero-order valence-corrected chi connectivity index (χ0v) is 14.8. The number of H-pyrrole nitrogens is 1. The predicted molar refractivity (Wildman–Crippen MR) is 103 cm³/mol. The van der Waals surface area contributed by atoms with Gasteiger partial charge in [-0.15, -0.1) is 6.58 Å². The van der Waals surface area contributed by atoms with Crippen LogP contribution in [0.4, 0.5) is 0 Å². The van der Waals surface area contributed by atoms with E-state index in [1.54, 1.807) is 12.3 Å². The SMILES string of the molecule is C=CCn1c(=NC(=O)c2c[nH]c3ccccc23)sc2cc(Cl)ccc21. The molecule has 6 heteroatoms. The third kappa shape index (κ3) is 2.81. The van der Waals surface area contributed by atoms with Gasteiger partial charge in [0.25, 0.3) is 5.91 Å². The number of thiazole rings is 1. The number of halogens is 1. The summed E-state index contributed by atoms with van der Waals surface area (Å²) in [5.41, 5.74) is 2.47. The molecule has 1 N–H and O–H groups in total. The van der Waals surface area contributed by atoms with Gasteiger partial charge in [-0.25, -0.2) is 0 Å². The molecular weight excluding hydrogens is 354 g/mol. The Labute approximate surface area is 152 Å². The van der Waals surface area contributed by atoms with Crippen LogP contribution >= 0.6 is 22.9 Å². The van der Waals surface area contributed by atoms with E-state index in [-0.39, 0.29) is 5.91 Å². The number of amides is 1. The molecule has 4 aromatic rings. The molecule has 0 saturated heterocycles. The maximum absolute atomic E-state index is 12.7. The molecule has 2 aromatic heterocycles. The lowest BCUT2D eigenvalue weighted by Crippen LogP contribution is -2.16. The van der Waals surface area contributed by atoms with Crippen molar-refractivity contribution < 1.29 is 4.79 Å². The topological polar surface area (TPSA) is 50.1 Å². The number of nitrogens with zero attached hydrogens (tertiary/aromatic N) is 2. The highest BCUT2D eigenvalue weighted by molar-refractivity contribution is 7.16. The summed E-state index contributed by atoms with van der Waals surface area (Å²) >= 11 is 7.53. The van der Waals surface area contributed by atoms with Gasteiger partial charge in [-0.2, -0.15) is 4.99 Å². The van der Waals surface area contributed by atoms with E-state index in [1.807, 2.05) is 47.0 Å². The zero-order valence-electron chi connectivity index (χ0n) is 13.2. The molecule has 0 aliphatic carbocycles. The molecule has 1 amide bonds. The Balaban J connectivity index is 1.89. The Hall–Kier alpha value is -2.63. The number of allylic oxidation sites excluding steroid dienone is 1. The molecule has 0 spiro atoms. The number of hydrogen-bond donors (Lipinski definition) is 1. The molecule has 0 atom stereocenters. The number of hydrogen-bond acceptors (Lipinski definition) is 2. The quantitative estimate of drug-likeness (QED) is 0.521. The normalized spacial score (nSPS) is 12.1. The van der Waals surface area contributed by atoms with Crippen molar-refractivity contribution in [2.24, 2.45) is 4.99 Å². The second-order valence-electron chi connectivity index (χ2n) is 5.56. The lowest BCUT2D eigenvalue weighted by Gasteiger charge is -2.00. The van der Waals surface area contributed by atoms with Crippen molar-refractivity contribution in [3.05, 3.63) is 76.7 Å². The van der Waals surface area contributed by atoms with Crippen molar-refractivity contribution in [2.45, 2.75) is 6.54 Å². The Morgan fingerprint density at radius 3 is 3.00 bits per heavy atom. The number of benzene rings is 2. The second-order valence-corrected chi connectivity index (χ2v) is 7.01. The van der Waals surface area contributed by atoms with E-state index in [0.29, 0.717) is 21.9 Å². The standard InChI is InChI=1S/C19H14ClN3OS/c1-2-9-23-16-8-7-12(20)10-17(16)25-19(23)22-18(24)14-11-21-15-6-4-3-5-13(14)15/h2-8,10-11,21H,1,9H2. The van der Waals surface area contributed by atoms with Gasteiger partial charge in [0.1, 0.15) is 0 Å². The van der Waals surface area contributed by atoms with E-state index in [2.05, 4.69) is 16.6 Å². The summed E-state index contributed by atoms with van der Waals surface area (Å²) < 4.78 is 2.95. The van der Waals surface area contributed by atoms with Crippen molar-refractivity contribution in [3.63, 3.8) is 0 Å². The van der Waals surface area contributed by atoms with Crippen molar-refractivity contribution in [1.82, 2.24) is 9.55 Å². The van der Waals surface area contributed by atoms with Crippen molar-refractivity contribution >= 4 is 50.0 Å². The van der Waals surface area contributed by atoms with E-state index >= 15 is 0 Å². The van der Waals surface area contributed by atoms with Gasteiger partial charge in [-0.3, -0.25) is 4.79 Å². The van der Waals surface area contributed by atoms with Gasteiger partial charge in [-0.05, 0) is 24.3 Å². The zero-order chi connectivity index (χ0) is 17.4. The molecule has 0 fully saturated rings. The molecule has 124 valence electrons. The maximum Gasteiger partial charge on any atom is 0.281 e. The van der Waals surface area contributed by atoms with Gasteiger partial charge >= 0.3 is 0 Å². The predicted octanol–water partition coefficient (Wildman–Crippen LogP) is 4.76. The fraction of sp³-hybridized carbons (Fsp3) is 0.0526. The van der Waals surface area contributed by atoms with Crippen LogP contribution in [0, 0.1) is 0 Å². The fourth-order valence-electron chi connectivity index (χ4n) is 2.83. The minimum Gasteiger partial charge on any atom is -0.360 e. The van der Waals surface area contributed by atoms with E-state index in [9.17, 15) is 4.79 Å². The number of aromatic amines is 1. The van der Waals surface area contributed by atoms with Crippen LogP contribution in [0.25, 0.3) is 21.1 Å². The summed E-state index contributed by atoms with van der Waals surface area (Å²) in [5, 5.41) is 1.53. The van der Waals surface area contributed by atoms with Gasteiger partial charge in [0.2, 0.25) is 0 Å². The molecule has 25 heavy (non-hydrogen) atoms. The van der Waals surface area contributed by atoms with Gasteiger partial charge in [0, 0.05) is 28.7 Å². The molecule has 2 aromatic carbocycles. The number of carbonyl (C=O) groups is 1.